The van der Waals surface area contributed by atoms with Gasteiger partial charge in [-0.3, -0.25) is 0 Å². The average molecular weight is 276 g/mol. The van der Waals surface area contributed by atoms with Gasteiger partial charge in [-0.15, -0.1) is 0 Å². The van der Waals surface area contributed by atoms with E-state index in [1.807, 2.05) is 0 Å². The molecule has 0 aliphatic heterocycles. The normalized spacial score (nSPS) is 11.2. The Hall–Kier alpha value is -0.823. The van der Waals surface area contributed by atoms with Crippen molar-refractivity contribution in [1.82, 2.24) is 0 Å². The number of hydrogen-bond donors (Lipinski definition) is 0. The average Bonchev–Trinajstić information content (AvgIpc) is 2.32. The highest BCUT2D eigenvalue weighted by Crippen LogP contribution is 2.11. The van der Waals surface area contributed by atoms with E-state index >= 15 is 0 Å². The number of rotatable bonds is 8. The van der Waals surface area contributed by atoms with Crippen molar-refractivity contribution in [3.63, 3.8) is 0 Å². The Morgan fingerprint density at radius 1 is 1.00 bits per heavy atom. The van der Waals surface area contributed by atoms with Crippen LogP contribution in [-0.4, -0.2) is 30.4 Å². The van der Waals surface area contributed by atoms with Gasteiger partial charge < -0.3 is 13.3 Å². The summed E-state index contributed by atoms with van der Waals surface area (Å²) in [4.78, 5) is 0. The summed E-state index contributed by atoms with van der Waals surface area (Å²) in [5, 5.41) is 0. The number of halogens is 2. The van der Waals surface area contributed by atoms with Crippen molar-refractivity contribution in [2.24, 2.45) is 0 Å². The fraction of sp³-hybridized carbons (Fsp3) is 0.500. The van der Waals surface area contributed by atoms with Gasteiger partial charge in [0, 0.05) is 26.9 Å². The van der Waals surface area contributed by atoms with E-state index in [1.165, 1.54) is 12.1 Å². The van der Waals surface area contributed by atoms with Crippen molar-refractivity contribution in [3.05, 3.63) is 35.4 Å². The Morgan fingerprint density at radius 2 is 1.61 bits per heavy atom. The lowest BCUT2D eigenvalue weighted by Crippen LogP contribution is -2.24. The highest BCUT2D eigenvalue weighted by molar-refractivity contribution is 6.36. The van der Waals surface area contributed by atoms with Gasteiger partial charge in [0.15, 0.2) is 0 Å². The molecule has 0 fully saturated rings. The van der Waals surface area contributed by atoms with Crippen LogP contribution in [0.3, 0.4) is 0 Å². The van der Waals surface area contributed by atoms with E-state index in [4.69, 9.17) is 13.3 Å². The van der Waals surface area contributed by atoms with Crippen molar-refractivity contribution >= 4 is 9.53 Å². The fourth-order valence-corrected chi connectivity index (χ4v) is 2.42. The van der Waals surface area contributed by atoms with Crippen molar-refractivity contribution in [2.75, 3.05) is 20.8 Å². The molecule has 0 saturated heterocycles. The molecule has 102 valence electrons. The zero-order chi connectivity index (χ0) is 13.4. The molecule has 0 heterocycles. The summed E-state index contributed by atoms with van der Waals surface area (Å²) in [6.07, 6.45) is 2.23. The first kappa shape index (κ1) is 15.2. The summed E-state index contributed by atoms with van der Waals surface area (Å²) >= 11 is 0. The van der Waals surface area contributed by atoms with Crippen LogP contribution in [0.5, 0.6) is 0 Å². The van der Waals surface area contributed by atoms with Gasteiger partial charge in [0.2, 0.25) is 0 Å². The molecule has 3 nitrogen and oxygen atoms in total. The van der Waals surface area contributed by atoms with Gasteiger partial charge in [-0.2, -0.15) is 0 Å². The lowest BCUT2D eigenvalue weighted by molar-refractivity contribution is 0.133. The van der Waals surface area contributed by atoms with Gasteiger partial charge in [0.05, 0.1) is 0 Å². The van der Waals surface area contributed by atoms with Crippen LogP contribution in [0.15, 0.2) is 18.2 Å². The lowest BCUT2D eigenvalue weighted by atomic mass is 10.1. The fourth-order valence-electron chi connectivity index (χ4n) is 1.60. The Kier molecular flexibility index (Phi) is 7.03. The molecule has 0 aromatic heterocycles. The predicted molar refractivity (Wildman–Crippen MR) is 66.4 cm³/mol. The summed E-state index contributed by atoms with van der Waals surface area (Å²) in [6, 6.07) is 3.58. The molecule has 18 heavy (non-hydrogen) atoms. The van der Waals surface area contributed by atoms with E-state index in [0.29, 0.717) is 18.6 Å². The Bertz CT molecular complexity index is 339. The van der Waals surface area contributed by atoms with Crippen molar-refractivity contribution in [2.45, 2.75) is 19.3 Å². The molecule has 0 aliphatic carbocycles. The lowest BCUT2D eigenvalue weighted by Gasteiger charge is -2.11. The first-order valence-electron chi connectivity index (χ1n) is 5.78. The van der Waals surface area contributed by atoms with E-state index in [1.54, 1.807) is 14.2 Å². The molecule has 0 atom stereocenters. The molecule has 1 aromatic carbocycles. The molecule has 0 saturated carbocycles. The van der Waals surface area contributed by atoms with Crippen LogP contribution in [0.4, 0.5) is 8.78 Å². The van der Waals surface area contributed by atoms with Gasteiger partial charge in [-0.1, -0.05) is 0 Å². The molecule has 1 aromatic rings. The van der Waals surface area contributed by atoms with Crippen molar-refractivity contribution < 1.29 is 22.1 Å². The number of aryl methyl sites for hydroxylation is 1. The second-order valence-electron chi connectivity index (χ2n) is 3.87. The van der Waals surface area contributed by atoms with Gasteiger partial charge in [0.25, 0.3) is 0 Å². The zero-order valence-electron chi connectivity index (χ0n) is 10.6. The van der Waals surface area contributed by atoms with E-state index in [9.17, 15) is 8.78 Å². The minimum Gasteiger partial charge on any atom is -0.379 e. The highest BCUT2D eigenvalue weighted by atomic mass is 28.3. The third kappa shape index (κ3) is 5.68. The first-order valence-corrected chi connectivity index (χ1v) is 7.19. The smallest absolute Gasteiger partial charge is 0.379 e. The maximum absolute atomic E-state index is 12.9. The quantitative estimate of drug-likeness (QED) is 0.539. The van der Waals surface area contributed by atoms with E-state index in [0.717, 1.165) is 18.9 Å². The molecular formula is C12H18F2O3Si. The number of unbranched alkanes of at least 4 members (excludes halogenated alkanes) is 1. The molecule has 0 aliphatic rings. The molecule has 0 amide bonds. The summed E-state index contributed by atoms with van der Waals surface area (Å²) in [6.45, 7) is 0.538. The molecular weight excluding hydrogens is 258 g/mol. The third-order valence-electron chi connectivity index (χ3n) is 2.42. The Balaban J connectivity index is 2.21. The molecule has 0 N–H and O–H groups in total. The van der Waals surface area contributed by atoms with Crippen molar-refractivity contribution in [3.8, 4) is 0 Å². The van der Waals surface area contributed by atoms with Crippen LogP contribution in [-0.2, 0) is 19.7 Å². The second-order valence-corrected chi connectivity index (χ2v) is 5.72. The zero-order valence-corrected chi connectivity index (χ0v) is 11.8. The first-order chi connectivity index (χ1) is 8.65. The topological polar surface area (TPSA) is 27.7 Å². The minimum absolute atomic E-state index is 0.535. The molecule has 0 spiro atoms. The van der Waals surface area contributed by atoms with Crippen molar-refractivity contribution in [1.29, 1.82) is 0 Å². The van der Waals surface area contributed by atoms with Gasteiger partial charge in [-0.05, 0) is 37.0 Å². The largest absolute Gasteiger partial charge is 0.483 e. The SMILES string of the molecule is CO[SiH](OC)OCCCCc1cc(F)cc(F)c1. The summed E-state index contributed by atoms with van der Waals surface area (Å²) in [5.74, 6) is -1.07. The number of benzene rings is 1. The van der Waals surface area contributed by atoms with Crippen LogP contribution in [0.25, 0.3) is 0 Å². The van der Waals surface area contributed by atoms with Crippen LogP contribution >= 0.6 is 0 Å². The van der Waals surface area contributed by atoms with Gasteiger partial charge in [0.1, 0.15) is 11.6 Å². The number of hydrogen-bond acceptors (Lipinski definition) is 3. The van der Waals surface area contributed by atoms with Crippen LogP contribution in [0.1, 0.15) is 18.4 Å². The monoisotopic (exact) mass is 276 g/mol. The third-order valence-corrected chi connectivity index (χ3v) is 3.70. The van der Waals surface area contributed by atoms with Gasteiger partial charge >= 0.3 is 9.53 Å². The van der Waals surface area contributed by atoms with Crippen LogP contribution in [0.2, 0.25) is 0 Å². The molecule has 1 rings (SSSR count). The van der Waals surface area contributed by atoms with Crippen LogP contribution in [0, 0.1) is 11.6 Å². The van der Waals surface area contributed by atoms with E-state index in [2.05, 4.69) is 0 Å². The standard InChI is InChI=1S/C12H18F2O3Si/c1-15-18(16-2)17-6-4-3-5-10-7-11(13)9-12(14)8-10/h7-9,18H,3-6H2,1-2H3. The highest BCUT2D eigenvalue weighted by Gasteiger charge is 2.09. The minimum atomic E-state index is -1.94. The maximum Gasteiger partial charge on any atom is 0.483 e. The van der Waals surface area contributed by atoms with Crippen LogP contribution < -0.4 is 0 Å². The summed E-state index contributed by atoms with van der Waals surface area (Å²) < 4.78 is 41.2. The maximum atomic E-state index is 12.9. The van der Waals surface area contributed by atoms with E-state index in [-0.39, 0.29) is 0 Å². The second kappa shape index (κ2) is 8.31. The molecule has 0 bridgehead atoms. The van der Waals surface area contributed by atoms with E-state index < -0.39 is 21.2 Å². The molecule has 0 radical (unpaired) electrons. The summed E-state index contributed by atoms with van der Waals surface area (Å²) in [5.41, 5.74) is 0.666. The predicted octanol–water partition coefficient (Wildman–Crippen LogP) is 2.31. The molecule has 0 unspecified atom stereocenters. The summed E-state index contributed by atoms with van der Waals surface area (Å²) in [7, 11) is 1.16. The molecule has 6 heteroatoms. The van der Waals surface area contributed by atoms with Gasteiger partial charge in [-0.25, -0.2) is 8.78 Å². The Labute approximate surface area is 108 Å². The Morgan fingerprint density at radius 3 is 2.17 bits per heavy atom.